The van der Waals surface area contributed by atoms with Crippen LogP contribution >= 0.6 is 0 Å². The Balaban J connectivity index is 2.12. The molecule has 4 nitrogen and oxygen atoms in total. The van der Waals surface area contributed by atoms with E-state index in [1.807, 2.05) is 48.5 Å². The number of benzene rings is 2. The second-order valence-corrected chi connectivity index (χ2v) is 3.91. The summed E-state index contributed by atoms with van der Waals surface area (Å²) in [6.45, 7) is 0. The number of para-hydroxylation sites is 1. The molecular formula is C15H15N3O. The van der Waals surface area contributed by atoms with Crippen LogP contribution in [0.4, 0.5) is 5.69 Å². The van der Waals surface area contributed by atoms with E-state index in [0.29, 0.717) is 11.3 Å². The lowest BCUT2D eigenvalue weighted by Crippen LogP contribution is -2.18. The van der Waals surface area contributed by atoms with E-state index in [4.69, 9.17) is 0 Å². The molecule has 2 aromatic carbocycles. The molecule has 0 bridgehead atoms. The number of carbonyl (C=O) groups is 1. The van der Waals surface area contributed by atoms with Gasteiger partial charge in [0.05, 0.1) is 17.5 Å². The number of hydrogen-bond donors (Lipinski definition) is 2. The normalized spacial score (nSPS) is 10.4. The molecule has 2 N–H and O–H groups in total. The van der Waals surface area contributed by atoms with Crippen LogP contribution in [-0.4, -0.2) is 19.2 Å². The molecule has 1 amide bonds. The van der Waals surface area contributed by atoms with Gasteiger partial charge in [-0.05, 0) is 17.7 Å². The first-order chi connectivity index (χ1) is 9.31. The van der Waals surface area contributed by atoms with Crippen LogP contribution in [0, 0.1) is 0 Å². The zero-order valence-corrected chi connectivity index (χ0v) is 10.6. The molecule has 0 radical (unpaired) electrons. The van der Waals surface area contributed by atoms with E-state index >= 15 is 0 Å². The van der Waals surface area contributed by atoms with Gasteiger partial charge in [0.2, 0.25) is 0 Å². The highest BCUT2D eigenvalue weighted by atomic mass is 16.1. The maximum Gasteiger partial charge on any atom is 0.253 e. The van der Waals surface area contributed by atoms with Gasteiger partial charge in [-0.1, -0.05) is 42.5 Å². The van der Waals surface area contributed by atoms with Gasteiger partial charge in [0, 0.05) is 7.05 Å². The zero-order chi connectivity index (χ0) is 13.5. The van der Waals surface area contributed by atoms with Crippen LogP contribution in [0.25, 0.3) is 0 Å². The number of amides is 1. The van der Waals surface area contributed by atoms with Crippen molar-refractivity contribution in [3.63, 3.8) is 0 Å². The Morgan fingerprint density at radius 3 is 2.47 bits per heavy atom. The molecule has 0 saturated heterocycles. The molecule has 0 heterocycles. The molecular weight excluding hydrogens is 238 g/mol. The van der Waals surface area contributed by atoms with Crippen LogP contribution in [0.1, 0.15) is 15.9 Å². The number of rotatable bonds is 4. The van der Waals surface area contributed by atoms with Crippen molar-refractivity contribution in [3.05, 3.63) is 65.7 Å². The third-order valence-corrected chi connectivity index (χ3v) is 2.60. The van der Waals surface area contributed by atoms with Crippen LogP contribution in [-0.2, 0) is 0 Å². The fraction of sp³-hybridized carbons (Fsp3) is 0.0667. The molecule has 96 valence electrons. The van der Waals surface area contributed by atoms with Crippen molar-refractivity contribution in [2.75, 3.05) is 12.5 Å². The molecule has 0 aliphatic carbocycles. The number of anilines is 1. The molecule has 0 fully saturated rings. The number of hydrazone groups is 1. The van der Waals surface area contributed by atoms with E-state index in [2.05, 4.69) is 15.8 Å². The highest BCUT2D eigenvalue weighted by Crippen LogP contribution is 2.14. The maximum absolute atomic E-state index is 11.7. The Morgan fingerprint density at radius 2 is 1.74 bits per heavy atom. The van der Waals surface area contributed by atoms with Gasteiger partial charge >= 0.3 is 0 Å². The summed E-state index contributed by atoms with van der Waals surface area (Å²) in [5.41, 5.74) is 5.12. The fourth-order valence-corrected chi connectivity index (χ4v) is 1.63. The largest absolute Gasteiger partial charge is 0.355 e. The van der Waals surface area contributed by atoms with Crippen molar-refractivity contribution >= 4 is 17.8 Å². The van der Waals surface area contributed by atoms with E-state index in [9.17, 15) is 4.79 Å². The second-order valence-electron chi connectivity index (χ2n) is 3.91. The van der Waals surface area contributed by atoms with Gasteiger partial charge in [-0.15, -0.1) is 0 Å². The summed E-state index contributed by atoms with van der Waals surface area (Å²) >= 11 is 0. The zero-order valence-electron chi connectivity index (χ0n) is 10.6. The van der Waals surface area contributed by atoms with Crippen LogP contribution in [0.5, 0.6) is 0 Å². The van der Waals surface area contributed by atoms with Crippen molar-refractivity contribution in [1.82, 2.24) is 5.32 Å². The Hall–Kier alpha value is -2.62. The molecule has 19 heavy (non-hydrogen) atoms. The van der Waals surface area contributed by atoms with Gasteiger partial charge < -0.3 is 5.32 Å². The van der Waals surface area contributed by atoms with E-state index in [0.717, 1.165) is 5.56 Å². The first-order valence-electron chi connectivity index (χ1n) is 5.96. The van der Waals surface area contributed by atoms with Gasteiger partial charge in [-0.25, -0.2) is 0 Å². The summed E-state index contributed by atoms with van der Waals surface area (Å²) in [6.07, 6.45) is 1.71. The molecule has 0 saturated carbocycles. The number of hydrogen-bond acceptors (Lipinski definition) is 3. The first-order valence-corrected chi connectivity index (χ1v) is 5.96. The van der Waals surface area contributed by atoms with E-state index in [1.54, 1.807) is 19.3 Å². The molecule has 0 aliphatic rings. The molecule has 0 aromatic heterocycles. The Morgan fingerprint density at radius 1 is 1.05 bits per heavy atom. The summed E-state index contributed by atoms with van der Waals surface area (Å²) < 4.78 is 0. The van der Waals surface area contributed by atoms with Gasteiger partial charge in [0.25, 0.3) is 5.91 Å². The summed E-state index contributed by atoms with van der Waals surface area (Å²) in [7, 11) is 1.60. The first kappa shape index (κ1) is 12.8. The van der Waals surface area contributed by atoms with Crippen molar-refractivity contribution in [1.29, 1.82) is 0 Å². The minimum Gasteiger partial charge on any atom is -0.355 e. The predicted octanol–water partition coefficient (Wildman–Crippen LogP) is 2.49. The van der Waals surface area contributed by atoms with Crippen LogP contribution in [0.15, 0.2) is 59.7 Å². The average molecular weight is 253 g/mol. The second kappa shape index (κ2) is 6.35. The molecule has 2 aromatic rings. The quantitative estimate of drug-likeness (QED) is 0.649. The maximum atomic E-state index is 11.7. The van der Waals surface area contributed by atoms with Crippen molar-refractivity contribution in [2.24, 2.45) is 5.10 Å². The average Bonchev–Trinajstić information content (AvgIpc) is 2.48. The summed E-state index contributed by atoms with van der Waals surface area (Å²) in [6, 6.07) is 17.0. The summed E-state index contributed by atoms with van der Waals surface area (Å²) in [5.74, 6) is -0.141. The standard InChI is InChI=1S/C15H15N3O/c1-16-15(19)13-9-5-6-10-14(13)18-17-11-12-7-3-2-4-8-12/h2-11,18H,1H3,(H,16,19)/b17-11+. The Labute approximate surface area is 112 Å². The lowest BCUT2D eigenvalue weighted by atomic mass is 10.1. The Kier molecular flexibility index (Phi) is 4.29. The topological polar surface area (TPSA) is 53.5 Å². The minimum atomic E-state index is -0.141. The fourth-order valence-electron chi connectivity index (χ4n) is 1.63. The van der Waals surface area contributed by atoms with Crippen LogP contribution in [0.3, 0.4) is 0 Å². The third kappa shape index (κ3) is 3.42. The van der Waals surface area contributed by atoms with Gasteiger partial charge in [-0.2, -0.15) is 5.10 Å². The molecule has 0 aliphatic heterocycles. The van der Waals surface area contributed by atoms with Crippen molar-refractivity contribution < 1.29 is 4.79 Å². The van der Waals surface area contributed by atoms with Gasteiger partial charge in [-0.3, -0.25) is 10.2 Å². The van der Waals surface area contributed by atoms with Crippen molar-refractivity contribution in [2.45, 2.75) is 0 Å². The monoisotopic (exact) mass is 253 g/mol. The van der Waals surface area contributed by atoms with Crippen LogP contribution in [0.2, 0.25) is 0 Å². The third-order valence-electron chi connectivity index (χ3n) is 2.60. The minimum absolute atomic E-state index is 0.141. The molecule has 2 rings (SSSR count). The highest BCUT2D eigenvalue weighted by Gasteiger charge is 2.07. The number of carbonyl (C=O) groups excluding carboxylic acids is 1. The smallest absolute Gasteiger partial charge is 0.253 e. The van der Waals surface area contributed by atoms with Gasteiger partial charge in [0.15, 0.2) is 0 Å². The molecule has 0 atom stereocenters. The number of nitrogens with zero attached hydrogens (tertiary/aromatic N) is 1. The molecule has 0 unspecified atom stereocenters. The lowest BCUT2D eigenvalue weighted by molar-refractivity contribution is 0.0964. The molecule has 4 heteroatoms. The van der Waals surface area contributed by atoms with Crippen LogP contribution < -0.4 is 10.7 Å². The van der Waals surface area contributed by atoms with E-state index in [-0.39, 0.29) is 5.91 Å². The highest BCUT2D eigenvalue weighted by molar-refractivity contribution is 5.99. The van der Waals surface area contributed by atoms with Crippen molar-refractivity contribution in [3.8, 4) is 0 Å². The summed E-state index contributed by atoms with van der Waals surface area (Å²) in [4.78, 5) is 11.7. The van der Waals surface area contributed by atoms with E-state index in [1.165, 1.54) is 0 Å². The lowest BCUT2D eigenvalue weighted by Gasteiger charge is -2.06. The SMILES string of the molecule is CNC(=O)c1ccccc1N/N=C/c1ccccc1. The number of nitrogens with one attached hydrogen (secondary N) is 2. The van der Waals surface area contributed by atoms with Gasteiger partial charge in [0.1, 0.15) is 0 Å². The van der Waals surface area contributed by atoms with E-state index < -0.39 is 0 Å². The summed E-state index contributed by atoms with van der Waals surface area (Å²) in [5, 5.41) is 6.73. The predicted molar refractivity (Wildman–Crippen MR) is 77.5 cm³/mol. The Bertz CT molecular complexity index is 579. The molecule has 0 spiro atoms.